The number of carbonyl (C=O) groups excluding carboxylic acids is 2. The first-order chi connectivity index (χ1) is 13.6. The molecule has 13 heteroatoms. The third-order valence-electron chi connectivity index (χ3n) is 3.44. The lowest BCUT2D eigenvalue weighted by atomic mass is 10.2. The van der Waals surface area contributed by atoms with Crippen molar-refractivity contribution in [3.8, 4) is 0 Å². The summed E-state index contributed by atoms with van der Waals surface area (Å²) in [5.41, 5.74) is 1.31. The minimum atomic E-state index is -4.22. The largest absolute Gasteiger partial charge is 0.478 e. The summed E-state index contributed by atoms with van der Waals surface area (Å²) < 4.78 is 24.1. The Balaban J connectivity index is 1.94. The zero-order valence-corrected chi connectivity index (χ0v) is 15.3. The van der Waals surface area contributed by atoms with Gasteiger partial charge in [-0.3, -0.25) is 25.1 Å². The van der Waals surface area contributed by atoms with E-state index in [4.69, 9.17) is 5.11 Å². The third-order valence-corrected chi connectivity index (χ3v) is 4.70. The Morgan fingerprint density at radius 3 is 2.21 bits per heavy atom. The molecule has 0 aliphatic rings. The van der Waals surface area contributed by atoms with Gasteiger partial charge in [-0.25, -0.2) is 13.2 Å². The van der Waals surface area contributed by atoms with E-state index < -0.39 is 39.2 Å². The molecule has 4 N–H and O–H groups in total. The van der Waals surface area contributed by atoms with Crippen LogP contribution in [-0.4, -0.2) is 36.2 Å². The first-order valence-corrected chi connectivity index (χ1v) is 9.26. The van der Waals surface area contributed by atoms with E-state index in [1.165, 1.54) is 24.3 Å². The average molecular weight is 422 g/mol. The Morgan fingerprint density at radius 2 is 1.62 bits per heavy atom. The molecule has 0 radical (unpaired) electrons. The minimum Gasteiger partial charge on any atom is -0.478 e. The molecule has 2 aromatic carbocycles. The van der Waals surface area contributed by atoms with Crippen molar-refractivity contribution >= 4 is 39.2 Å². The van der Waals surface area contributed by atoms with Crippen LogP contribution in [0.5, 0.6) is 0 Å². The summed E-state index contributed by atoms with van der Waals surface area (Å²) in [6.45, 7) is 0. The molecule has 0 saturated carbocycles. The molecule has 0 aliphatic heterocycles. The number of para-hydroxylation sites is 1. The van der Waals surface area contributed by atoms with E-state index in [0.717, 1.165) is 24.3 Å². The van der Waals surface area contributed by atoms with Gasteiger partial charge in [0.1, 0.15) is 6.42 Å². The first-order valence-electron chi connectivity index (χ1n) is 7.77. The maximum absolute atomic E-state index is 12.1. The van der Waals surface area contributed by atoms with Crippen LogP contribution in [0, 0.1) is 10.1 Å². The molecule has 0 aromatic heterocycles. The number of hydrazine groups is 1. The molecule has 0 atom stereocenters. The molecule has 0 unspecified atom stereocenters. The summed E-state index contributed by atoms with van der Waals surface area (Å²) >= 11 is 0. The number of benzene rings is 2. The van der Waals surface area contributed by atoms with Crippen molar-refractivity contribution in [1.29, 1.82) is 0 Å². The van der Waals surface area contributed by atoms with E-state index in [-0.39, 0.29) is 21.8 Å². The van der Waals surface area contributed by atoms with Crippen LogP contribution in [0.2, 0.25) is 0 Å². The van der Waals surface area contributed by atoms with Gasteiger partial charge in [-0.2, -0.15) is 0 Å². The average Bonchev–Trinajstić information content (AvgIpc) is 2.66. The number of hydrogen-bond acceptors (Lipinski definition) is 7. The predicted molar refractivity (Wildman–Crippen MR) is 98.2 cm³/mol. The van der Waals surface area contributed by atoms with Gasteiger partial charge in [-0.15, -0.1) is 4.83 Å². The number of aromatic carboxylic acids is 1. The quantitative estimate of drug-likeness (QED) is 0.271. The van der Waals surface area contributed by atoms with E-state index in [9.17, 15) is 32.9 Å². The van der Waals surface area contributed by atoms with Crippen molar-refractivity contribution in [2.45, 2.75) is 11.3 Å². The number of anilines is 1. The molecular weight excluding hydrogens is 408 g/mol. The number of amides is 2. The molecule has 0 spiro atoms. The van der Waals surface area contributed by atoms with Gasteiger partial charge >= 0.3 is 5.97 Å². The van der Waals surface area contributed by atoms with Gasteiger partial charge in [0.2, 0.25) is 11.8 Å². The SMILES string of the molecule is O=C(CC(=O)Nc1ccccc1C(=O)O)NNS(=O)(=O)c1ccc([N+](=O)[O-])cc1. The van der Waals surface area contributed by atoms with Gasteiger partial charge in [0.05, 0.1) is 21.1 Å². The molecule has 2 aromatic rings. The van der Waals surface area contributed by atoms with Crippen molar-refractivity contribution in [2.24, 2.45) is 0 Å². The van der Waals surface area contributed by atoms with Crippen LogP contribution in [0.15, 0.2) is 53.4 Å². The highest BCUT2D eigenvalue weighted by Crippen LogP contribution is 2.16. The highest BCUT2D eigenvalue weighted by Gasteiger charge is 2.19. The van der Waals surface area contributed by atoms with Crippen LogP contribution in [0.25, 0.3) is 0 Å². The number of carboxylic acids is 1. The van der Waals surface area contributed by atoms with E-state index in [2.05, 4.69) is 5.32 Å². The summed E-state index contributed by atoms with van der Waals surface area (Å²) in [6, 6.07) is 9.43. The van der Waals surface area contributed by atoms with Crippen LogP contribution in [0.3, 0.4) is 0 Å². The topological polar surface area (TPSA) is 185 Å². The number of nitro groups is 1. The Bertz CT molecular complexity index is 1070. The number of non-ortho nitro benzene ring substituents is 1. The number of nitrogens with zero attached hydrogens (tertiary/aromatic N) is 1. The fourth-order valence-corrected chi connectivity index (χ4v) is 2.95. The number of rotatable bonds is 8. The van der Waals surface area contributed by atoms with Crippen LogP contribution < -0.4 is 15.6 Å². The second-order valence-corrected chi connectivity index (χ2v) is 7.16. The highest BCUT2D eigenvalue weighted by atomic mass is 32.2. The Hall–Kier alpha value is -3.84. The van der Waals surface area contributed by atoms with Crippen molar-refractivity contribution in [2.75, 3.05) is 5.32 Å². The number of nitro benzene ring substituents is 1. The summed E-state index contributed by atoms with van der Waals surface area (Å²) in [4.78, 5) is 46.0. The molecule has 0 saturated heterocycles. The predicted octanol–water partition coefficient (Wildman–Crippen LogP) is 0.631. The van der Waals surface area contributed by atoms with Crippen LogP contribution >= 0.6 is 0 Å². The fourth-order valence-electron chi connectivity index (χ4n) is 2.09. The van der Waals surface area contributed by atoms with E-state index >= 15 is 0 Å². The second-order valence-electron chi connectivity index (χ2n) is 5.48. The van der Waals surface area contributed by atoms with Gasteiger partial charge in [0, 0.05) is 12.1 Å². The molecule has 29 heavy (non-hydrogen) atoms. The van der Waals surface area contributed by atoms with Crippen molar-refractivity contribution in [1.82, 2.24) is 10.3 Å². The summed E-state index contributed by atoms with van der Waals surface area (Å²) in [5.74, 6) is -3.16. The lowest BCUT2D eigenvalue weighted by Gasteiger charge is -2.10. The Kier molecular flexibility index (Phi) is 6.59. The molecule has 2 amide bonds. The number of hydrogen-bond donors (Lipinski definition) is 4. The van der Waals surface area contributed by atoms with Gasteiger partial charge < -0.3 is 10.4 Å². The first kappa shape index (κ1) is 21.5. The molecule has 0 heterocycles. The molecular formula is C16H14N4O8S. The van der Waals surface area contributed by atoms with E-state index in [1.54, 1.807) is 4.83 Å². The van der Waals surface area contributed by atoms with Gasteiger partial charge in [0.15, 0.2) is 0 Å². The second kappa shape index (κ2) is 8.90. The van der Waals surface area contributed by atoms with Gasteiger partial charge in [-0.05, 0) is 24.3 Å². The summed E-state index contributed by atoms with van der Waals surface area (Å²) in [7, 11) is -4.22. The van der Waals surface area contributed by atoms with Crippen molar-refractivity contribution in [3.05, 3.63) is 64.2 Å². The lowest BCUT2D eigenvalue weighted by Crippen LogP contribution is -2.42. The fraction of sp³-hybridized carbons (Fsp3) is 0.0625. The highest BCUT2D eigenvalue weighted by molar-refractivity contribution is 7.89. The molecule has 0 fully saturated rings. The van der Waals surface area contributed by atoms with Crippen LogP contribution in [-0.2, 0) is 19.6 Å². The van der Waals surface area contributed by atoms with E-state index in [0.29, 0.717) is 0 Å². The standard InChI is InChI=1S/C16H14N4O8S/c21-14(17-13-4-2-1-3-12(13)16(23)24)9-15(22)18-19-29(27,28)11-7-5-10(6-8-11)20(25)26/h1-8,19H,9H2,(H,17,21)(H,18,22)(H,23,24). The maximum Gasteiger partial charge on any atom is 0.337 e. The molecule has 0 bridgehead atoms. The van der Waals surface area contributed by atoms with Crippen LogP contribution in [0.1, 0.15) is 16.8 Å². The Morgan fingerprint density at radius 1 is 1.00 bits per heavy atom. The molecule has 12 nitrogen and oxygen atoms in total. The minimum absolute atomic E-state index is 0.0238. The Labute approximate surface area is 163 Å². The van der Waals surface area contributed by atoms with Gasteiger partial charge in [0.25, 0.3) is 15.7 Å². The zero-order chi connectivity index (χ0) is 21.6. The van der Waals surface area contributed by atoms with E-state index in [1.807, 2.05) is 5.43 Å². The molecule has 152 valence electrons. The zero-order valence-electron chi connectivity index (χ0n) is 14.5. The third kappa shape index (κ3) is 5.82. The number of sulfonamides is 1. The number of nitrogens with one attached hydrogen (secondary N) is 3. The molecule has 0 aliphatic carbocycles. The van der Waals surface area contributed by atoms with Crippen molar-refractivity contribution in [3.63, 3.8) is 0 Å². The molecule has 2 rings (SSSR count). The summed E-state index contributed by atoms with van der Waals surface area (Å²) in [5, 5.41) is 21.9. The van der Waals surface area contributed by atoms with Crippen molar-refractivity contribution < 1.29 is 32.8 Å². The number of carbonyl (C=O) groups is 3. The lowest BCUT2D eigenvalue weighted by molar-refractivity contribution is -0.384. The van der Waals surface area contributed by atoms with Crippen LogP contribution in [0.4, 0.5) is 11.4 Å². The van der Waals surface area contributed by atoms with Gasteiger partial charge in [-0.1, -0.05) is 12.1 Å². The maximum atomic E-state index is 12.1. The smallest absolute Gasteiger partial charge is 0.337 e. The monoisotopic (exact) mass is 422 g/mol. The normalized spacial score (nSPS) is 10.8. The summed E-state index contributed by atoms with van der Waals surface area (Å²) in [6.07, 6.45) is -0.795. The number of carboxylic acid groups (broad SMARTS) is 1.